The summed E-state index contributed by atoms with van der Waals surface area (Å²) in [4.78, 5) is 4.05. The van der Waals surface area contributed by atoms with Crippen LogP contribution in [0.5, 0.6) is 0 Å². The first kappa shape index (κ1) is 25.7. The first-order valence-corrected chi connectivity index (χ1v) is 12.0. The standard InChI is InChI=1S/C14H25F3N4O4S2.HI/c1-18-12(19-9-13(5-6-13)10-26(2,22)23)20-11-3-7-21(8-4-11)27(24,25)14(15,16)17;/h11H,3-10H2,1-2H3,(H2,18,19,20);1H. The zero-order valence-electron chi connectivity index (χ0n) is 15.6. The van der Waals surface area contributed by atoms with E-state index in [9.17, 15) is 30.0 Å². The maximum atomic E-state index is 12.6. The SMILES string of the molecule is CN=C(NCC1(CS(C)(=O)=O)CC1)NC1CCN(S(=O)(=O)C(F)(F)F)CC1.I. The predicted octanol–water partition coefficient (Wildman–Crippen LogP) is 0.908. The molecule has 2 aliphatic rings. The van der Waals surface area contributed by atoms with Gasteiger partial charge in [-0.1, -0.05) is 0 Å². The predicted molar refractivity (Wildman–Crippen MR) is 111 cm³/mol. The Morgan fingerprint density at radius 1 is 1.18 bits per heavy atom. The number of halogens is 4. The average Bonchev–Trinajstić information content (AvgIpc) is 3.28. The van der Waals surface area contributed by atoms with E-state index in [0.717, 1.165) is 12.8 Å². The van der Waals surface area contributed by atoms with Gasteiger partial charge in [0, 0.05) is 44.4 Å². The molecule has 1 aliphatic heterocycles. The summed E-state index contributed by atoms with van der Waals surface area (Å²) in [6.07, 6.45) is 3.23. The van der Waals surface area contributed by atoms with Crippen molar-refractivity contribution in [3.63, 3.8) is 0 Å². The van der Waals surface area contributed by atoms with Gasteiger partial charge in [0.25, 0.3) is 0 Å². The van der Waals surface area contributed by atoms with Crippen molar-refractivity contribution in [1.82, 2.24) is 14.9 Å². The number of piperidine rings is 1. The van der Waals surface area contributed by atoms with Crippen LogP contribution in [0, 0.1) is 5.41 Å². The molecule has 2 rings (SSSR count). The van der Waals surface area contributed by atoms with Crippen molar-refractivity contribution in [2.45, 2.75) is 37.2 Å². The lowest BCUT2D eigenvalue weighted by atomic mass is 10.1. The Bertz CT molecular complexity index is 775. The van der Waals surface area contributed by atoms with Crippen LogP contribution in [0.4, 0.5) is 13.2 Å². The molecule has 14 heteroatoms. The minimum Gasteiger partial charge on any atom is -0.356 e. The van der Waals surface area contributed by atoms with Crippen LogP contribution in [0.1, 0.15) is 25.7 Å². The largest absolute Gasteiger partial charge is 0.511 e. The summed E-state index contributed by atoms with van der Waals surface area (Å²) in [7, 11) is -6.84. The highest BCUT2D eigenvalue weighted by Crippen LogP contribution is 2.46. The Morgan fingerprint density at radius 3 is 2.11 bits per heavy atom. The summed E-state index contributed by atoms with van der Waals surface area (Å²) in [5.74, 6) is 0.518. The highest BCUT2D eigenvalue weighted by Gasteiger charge is 2.50. The molecular formula is C14H26F3IN4O4S2. The molecule has 2 N–H and O–H groups in total. The van der Waals surface area contributed by atoms with Gasteiger partial charge in [-0.15, -0.1) is 24.0 Å². The number of nitrogens with zero attached hydrogens (tertiary/aromatic N) is 2. The third kappa shape index (κ3) is 6.86. The quantitative estimate of drug-likeness (QED) is 0.283. The van der Waals surface area contributed by atoms with E-state index in [-0.39, 0.29) is 67.1 Å². The molecule has 0 amide bonds. The first-order chi connectivity index (χ1) is 12.3. The average molecular weight is 562 g/mol. The van der Waals surface area contributed by atoms with Gasteiger partial charge in [-0.25, -0.2) is 16.8 Å². The molecule has 0 radical (unpaired) electrons. The molecule has 1 heterocycles. The van der Waals surface area contributed by atoms with E-state index >= 15 is 0 Å². The number of sulfone groups is 1. The van der Waals surface area contributed by atoms with E-state index < -0.39 is 25.4 Å². The zero-order chi connectivity index (χ0) is 20.5. The third-order valence-electron chi connectivity index (χ3n) is 4.81. The molecule has 166 valence electrons. The summed E-state index contributed by atoms with van der Waals surface area (Å²) < 4.78 is 84.1. The molecule has 1 saturated carbocycles. The molecule has 28 heavy (non-hydrogen) atoms. The van der Waals surface area contributed by atoms with Crippen LogP contribution in [0.3, 0.4) is 0 Å². The molecule has 8 nitrogen and oxygen atoms in total. The number of alkyl halides is 3. The topological polar surface area (TPSA) is 108 Å². The number of aliphatic imine (C=N–C) groups is 1. The zero-order valence-corrected chi connectivity index (χ0v) is 19.6. The van der Waals surface area contributed by atoms with Crippen molar-refractivity contribution in [2.75, 3.05) is 38.7 Å². The molecule has 0 unspecified atom stereocenters. The van der Waals surface area contributed by atoms with E-state index in [0.29, 0.717) is 16.8 Å². The Kier molecular flexibility index (Phi) is 8.44. The van der Waals surface area contributed by atoms with Gasteiger partial charge in [-0.3, -0.25) is 4.99 Å². The summed E-state index contributed by atoms with van der Waals surface area (Å²) in [6.45, 7) is -0.0237. The number of nitrogens with one attached hydrogen (secondary N) is 2. The summed E-state index contributed by atoms with van der Waals surface area (Å²) in [5.41, 5.74) is -5.58. The fraction of sp³-hybridized carbons (Fsp3) is 0.929. The van der Waals surface area contributed by atoms with Crippen molar-refractivity contribution in [3.05, 3.63) is 0 Å². The second-order valence-electron chi connectivity index (χ2n) is 7.26. The number of hydrogen-bond donors (Lipinski definition) is 2. The van der Waals surface area contributed by atoms with Gasteiger partial charge < -0.3 is 10.6 Å². The smallest absolute Gasteiger partial charge is 0.356 e. The Morgan fingerprint density at radius 2 is 1.71 bits per heavy atom. The van der Waals surface area contributed by atoms with Gasteiger partial charge in [0.05, 0.1) is 5.75 Å². The minimum atomic E-state index is -5.29. The van der Waals surface area contributed by atoms with Crippen molar-refractivity contribution >= 4 is 49.8 Å². The van der Waals surface area contributed by atoms with Crippen LogP contribution >= 0.6 is 24.0 Å². The van der Waals surface area contributed by atoms with E-state index in [4.69, 9.17) is 0 Å². The molecule has 0 aromatic carbocycles. The fourth-order valence-electron chi connectivity index (χ4n) is 3.15. The molecule has 0 atom stereocenters. The normalized spacial score (nSPS) is 21.7. The fourth-order valence-corrected chi connectivity index (χ4v) is 5.64. The Balaban J connectivity index is 0.00000392. The Labute approximate surface area is 180 Å². The molecule has 0 aromatic heterocycles. The van der Waals surface area contributed by atoms with Crippen molar-refractivity contribution in [1.29, 1.82) is 0 Å². The summed E-state index contributed by atoms with van der Waals surface area (Å²) in [6, 6.07) is -0.221. The number of sulfonamides is 1. The summed E-state index contributed by atoms with van der Waals surface area (Å²) >= 11 is 0. The van der Waals surface area contributed by atoms with Crippen LogP contribution in [0.15, 0.2) is 4.99 Å². The number of rotatable bonds is 6. The van der Waals surface area contributed by atoms with Crippen molar-refractivity contribution in [3.8, 4) is 0 Å². The van der Waals surface area contributed by atoms with Crippen LogP contribution in [0.2, 0.25) is 0 Å². The highest BCUT2D eigenvalue weighted by molar-refractivity contribution is 14.0. The van der Waals surface area contributed by atoms with Gasteiger partial charge in [0.2, 0.25) is 0 Å². The van der Waals surface area contributed by atoms with Gasteiger partial charge in [0.1, 0.15) is 9.84 Å². The van der Waals surface area contributed by atoms with Gasteiger partial charge in [-0.2, -0.15) is 17.5 Å². The summed E-state index contributed by atoms with van der Waals surface area (Å²) in [5, 5.41) is 6.14. The highest BCUT2D eigenvalue weighted by atomic mass is 127. The van der Waals surface area contributed by atoms with Crippen LogP contribution in [-0.2, 0) is 19.9 Å². The van der Waals surface area contributed by atoms with E-state index in [1.54, 1.807) is 0 Å². The maximum absolute atomic E-state index is 12.6. The van der Waals surface area contributed by atoms with Crippen molar-refractivity contribution in [2.24, 2.45) is 10.4 Å². The van der Waals surface area contributed by atoms with Crippen LogP contribution < -0.4 is 10.6 Å². The van der Waals surface area contributed by atoms with Crippen LogP contribution in [-0.4, -0.2) is 77.3 Å². The van der Waals surface area contributed by atoms with Gasteiger partial charge in [-0.05, 0) is 25.7 Å². The van der Waals surface area contributed by atoms with Crippen LogP contribution in [0.25, 0.3) is 0 Å². The Hall–Kier alpha value is -0.350. The molecular weight excluding hydrogens is 536 g/mol. The maximum Gasteiger partial charge on any atom is 0.511 e. The monoisotopic (exact) mass is 562 g/mol. The van der Waals surface area contributed by atoms with E-state index in [1.807, 2.05) is 0 Å². The van der Waals surface area contributed by atoms with E-state index in [2.05, 4.69) is 15.6 Å². The molecule has 0 spiro atoms. The molecule has 2 fully saturated rings. The van der Waals surface area contributed by atoms with Gasteiger partial charge >= 0.3 is 15.5 Å². The number of guanidine groups is 1. The minimum absolute atomic E-state index is 0. The molecule has 1 aliphatic carbocycles. The lowest BCUT2D eigenvalue weighted by Crippen LogP contribution is -2.52. The molecule has 0 aromatic rings. The lowest BCUT2D eigenvalue weighted by molar-refractivity contribution is -0.0494. The van der Waals surface area contributed by atoms with Gasteiger partial charge in [0.15, 0.2) is 5.96 Å². The van der Waals surface area contributed by atoms with E-state index in [1.165, 1.54) is 13.3 Å². The van der Waals surface area contributed by atoms with Crippen molar-refractivity contribution < 1.29 is 30.0 Å². The second kappa shape index (κ2) is 9.20. The second-order valence-corrected chi connectivity index (χ2v) is 11.3. The third-order valence-corrected chi connectivity index (χ3v) is 7.57. The molecule has 1 saturated heterocycles. The molecule has 0 bridgehead atoms. The first-order valence-electron chi connectivity index (χ1n) is 8.49. The lowest BCUT2D eigenvalue weighted by Gasteiger charge is -2.32. The number of hydrogen-bond acceptors (Lipinski definition) is 5.